The molecule has 33 heavy (non-hydrogen) atoms. The lowest BCUT2D eigenvalue weighted by Crippen LogP contribution is -2.49. The summed E-state index contributed by atoms with van der Waals surface area (Å²) >= 11 is 5.98. The van der Waals surface area contributed by atoms with E-state index in [0.717, 1.165) is 48.8 Å². The van der Waals surface area contributed by atoms with E-state index in [0.29, 0.717) is 24.8 Å². The van der Waals surface area contributed by atoms with Crippen molar-refractivity contribution in [3.8, 4) is 5.75 Å². The predicted molar refractivity (Wildman–Crippen MR) is 127 cm³/mol. The van der Waals surface area contributed by atoms with E-state index in [1.54, 1.807) is 6.92 Å². The second kappa shape index (κ2) is 11.1. The number of hydrogen-bond acceptors (Lipinski definition) is 7. The summed E-state index contributed by atoms with van der Waals surface area (Å²) in [5, 5.41) is 29.1. The number of aliphatic hydroxyl groups is 1. The minimum Gasteiger partial charge on any atom is -0.490 e. The molecule has 0 aliphatic carbocycles. The van der Waals surface area contributed by atoms with Gasteiger partial charge >= 0.3 is 0 Å². The standard InChI is InChI=1S/C24H31ClN6O2/c1-24(32,17-33-22-5-3-2-4-19(22)14-23-27-29-30-28-23)16-26-21-10-12-31(13-11-21)15-18-6-8-20(25)9-7-18/h2-9,21,26,32H,10-17H2,1H3,(H,27,28,29,30)/t24-/m0/s1. The van der Waals surface area contributed by atoms with Gasteiger partial charge in [-0.15, -0.1) is 5.10 Å². The molecule has 1 fully saturated rings. The molecule has 176 valence electrons. The Labute approximate surface area is 199 Å². The highest BCUT2D eigenvalue weighted by atomic mass is 35.5. The van der Waals surface area contributed by atoms with E-state index in [2.05, 4.69) is 43.0 Å². The number of ether oxygens (including phenoxy) is 1. The third-order valence-corrected chi connectivity index (χ3v) is 6.19. The van der Waals surface area contributed by atoms with Crippen LogP contribution in [0.4, 0.5) is 0 Å². The lowest BCUT2D eigenvalue weighted by Gasteiger charge is -2.34. The number of tetrazole rings is 1. The summed E-state index contributed by atoms with van der Waals surface area (Å²) in [6, 6.07) is 16.2. The Morgan fingerprint density at radius 1 is 1.18 bits per heavy atom. The van der Waals surface area contributed by atoms with Crippen LogP contribution < -0.4 is 10.1 Å². The first-order valence-corrected chi connectivity index (χ1v) is 11.7. The van der Waals surface area contributed by atoms with Crippen LogP contribution in [0.5, 0.6) is 5.75 Å². The molecule has 1 saturated heterocycles. The van der Waals surface area contributed by atoms with Crippen LogP contribution in [0.15, 0.2) is 48.5 Å². The number of rotatable bonds is 10. The van der Waals surface area contributed by atoms with Crippen molar-refractivity contribution in [2.24, 2.45) is 0 Å². The third kappa shape index (κ3) is 7.23. The number of para-hydroxylation sites is 1. The first kappa shape index (κ1) is 23.6. The van der Waals surface area contributed by atoms with Gasteiger partial charge in [0, 0.05) is 36.1 Å². The summed E-state index contributed by atoms with van der Waals surface area (Å²) in [5.41, 5.74) is 1.26. The van der Waals surface area contributed by atoms with Crippen molar-refractivity contribution >= 4 is 11.6 Å². The summed E-state index contributed by atoms with van der Waals surface area (Å²) in [6.45, 7) is 5.48. The average molecular weight is 471 g/mol. The van der Waals surface area contributed by atoms with Crippen molar-refractivity contribution in [3.63, 3.8) is 0 Å². The molecule has 1 aromatic heterocycles. The van der Waals surface area contributed by atoms with Crippen LogP contribution in [-0.2, 0) is 13.0 Å². The first-order valence-electron chi connectivity index (χ1n) is 11.3. The molecule has 9 heteroatoms. The van der Waals surface area contributed by atoms with Crippen LogP contribution in [0, 0.1) is 0 Å². The van der Waals surface area contributed by atoms with Crippen molar-refractivity contribution < 1.29 is 9.84 Å². The van der Waals surface area contributed by atoms with Crippen LogP contribution in [0.2, 0.25) is 5.02 Å². The van der Waals surface area contributed by atoms with E-state index in [9.17, 15) is 5.11 Å². The Morgan fingerprint density at radius 2 is 1.94 bits per heavy atom. The lowest BCUT2D eigenvalue weighted by molar-refractivity contribution is 0.00791. The quantitative estimate of drug-likeness (QED) is 0.419. The maximum Gasteiger partial charge on any atom is 0.153 e. The maximum absolute atomic E-state index is 10.9. The van der Waals surface area contributed by atoms with Crippen molar-refractivity contribution in [3.05, 3.63) is 70.5 Å². The number of aromatic amines is 1. The highest BCUT2D eigenvalue weighted by molar-refractivity contribution is 6.30. The van der Waals surface area contributed by atoms with E-state index in [4.69, 9.17) is 16.3 Å². The van der Waals surface area contributed by atoms with Crippen LogP contribution >= 0.6 is 11.6 Å². The van der Waals surface area contributed by atoms with Gasteiger partial charge in [0.1, 0.15) is 18.0 Å². The van der Waals surface area contributed by atoms with E-state index >= 15 is 0 Å². The van der Waals surface area contributed by atoms with Gasteiger partial charge in [-0.3, -0.25) is 4.90 Å². The zero-order valence-corrected chi connectivity index (χ0v) is 19.6. The number of piperidine rings is 1. The van der Waals surface area contributed by atoms with Crippen LogP contribution in [0.3, 0.4) is 0 Å². The molecule has 1 aliphatic rings. The number of halogens is 1. The monoisotopic (exact) mass is 470 g/mol. The van der Waals surface area contributed by atoms with Crippen LogP contribution in [-0.4, -0.2) is 68.5 Å². The minimum atomic E-state index is -0.985. The van der Waals surface area contributed by atoms with E-state index in [1.807, 2.05) is 36.4 Å². The number of hydrogen-bond donors (Lipinski definition) is 3. The molecule has 0 bridgehead atoms. The Bertz CT molecular complexity index is 988. The highest BCUT2D eigenvalue weighted by Crippen LogP contribution is 2.22. The summed E-state index contributed by atoms with van der Waals surface area (Å²) < 4.78 is 5.99. The SMILES string of the molecule is C[C@](O)(CNC1CCN(Cc2ccc(Cl)cc2)CC1)COc1ccccc1Cc1nnn[nH]1. The lowest BCUT2D eigenvalue weighted by atomic mass is 10.0. The first-order chi connectivity index (χ1) is 16.0. The molecule has 0 spiro atoms. The van der Waals surface area contributed by atoms with E-state index < -0.39 is 5.60 Å². The fourth-order valence-electron chi connectivity index (χ4n) is 4.02. The molecular formula is C24H31ClN6O2. The zero-order chi connectivity index (χ0) is 23.1. The Balaban J connectivity index is 1.20. The molecule has 1 aliphatic heterocycles. The topological polar surface area (TPSA) is 99.2 Å². The fraction of sp³-hybridized carbons (Fsp3) is 0.458. The second-order valence-electron chi connectivity index (χ2n) is 8.98. The Kier molecular flexibility index (Phi) is 7.93. The van der Waals surface area contributed by atoms with E-state index in [-0.39, 0.29) is 6.61 Å². The van der Waals surface area contributed by atoms with Crippen molar-refractivity contribution in [1.82, 2.24) is 30.8 Å². The van der Waals surface area contributed by atoms with Crippen LogP contribution in [0.1, 0.15) is 36.7 Å². The number of benzene rings is 2. The Morgan fingerprint density at radius 3 is 2.67 bits per heavy atom. The van der Waals surface area contributed by atoms with Crippen LogP contribution in [0.25, 0.3) is 0 Å². The van der Waals surface area contributed by atoms with Gasteiger partial charge in [-0.05, 0) is 67.0 Å². The smallest absolute Gasteiger partial charge is 0.153 e. The maximum atomic E-state index is 10.9. The number of likely N-dealkylation sites (tertiary alicyclic amines) is 1. The molecule has 3 N–H and O–H groups in total. The van der Waals surface area contributed by atoms with Crippen molar-refractivity contribution in [2.45, 2.75) is 44.4 Å². The summed E-state index contributed by atoms with van der Waals surface area (Å²) in [5.74, 6) is 1.39. The number of H-pyrrole nitrogens is 1. The van der Waals surface area contributed by atoms with Gasteiger partial charge in [-0.1, -0.05) is 41.9 Å². The molecule has 0 radical (unpaired) electrons. The van der Waals surface area contributed by atoms with E-state index in [1.165, 1.54) is 5.56 Å². The highest BCUT2D eigenvalue weighted by Gasteiger charge is 2.25. The van der Waals surface area contributed by atoms with Gasteiger partial charge < -0.3 is 15.2 Å². The molecule has 1 atom stereocenters. The molecular weight excluding hydrogens is 440 g/mol. The van der Waals surface area contributed by atoms with Gasteiger partial charge in [0.15, 0.2) is 5.82 Å². The average Bonchev–Trinajstić information content (AvgIpc) is 3.33. The predicted octanol–water partition coefficient (Wildman–Crippen LogP) is 2.83. The number of nitrogens with zero attached hydrogens (tertiary/aromatic N) is 4. The van der Waals surface area contributed by atoms with Gasteiger partial charge in [-0.2, -0.15) is 0 Å². The molecule has 0 saturated carbocycles. The Hall–Kier alpha value is -2.52. The molecule has 8 nitrogen and oxygen atoms in total. The summed E-state index contributed by atoms with van der Waals surface area (Å²) in [4.78, 5) is 2.46. The minimum absolute atomic E-state index is 0.196. The fourth-order valence-corrected chi connectivity index (χ4v) is 4.14. The van der Waals surface area contributed by atoms with Crippen molar-refractivity contribution in [2.75, 3.05) is 26.2 Å². The zero-order valence-electron chi connectivity index (χ0n) is 18.9. The number of nitrogens with one attached hydrogen (secondary N) is 2. The summed E-state index contributed by atoms with van der Waals surface area (Å²) in [7, 11) is 0. The molecule has 0 amide bonds. The summed E-state index contributed by atoms with van der Waals surface area (Å²) in [6.07, 6.45) is 2.65. The molecule has 2 heterocycles. The molecule has 4 rings (SSSR count). The van der Waals surface area contributed by atoms with Gasteiger partial charge in [0.2, 0.25) is 0 Å². The van der Waals surface area contributed by atoms with Crippen molar-refractivity contribution in [1.29, 1.82) is 0 Å². The molecule has 3 aromatic rings. The molecule has 0 unspecified atom stereocenters. The number of aromatic nitrogens is 4. The van der Waals surface area contributed by atoms with Gasteiger partial charge in [0.25, 0.3) is 0 Å². The second-order valence-corrected chi connectivity index (χ2v) is 9.41. The molecule has 2 aromatic carbocycles. The normalized spacial score (nSPS) is 17.1. The largest absolute Gasteiger partial charge is 0.490 e. The van der Waals surface area contributed by atoms with Gasteiger partial charge in [-0.25, -0.2) is 5.10 Å². The van der Waals surface area contributed by atoms with Gasteiger partial charge in [0.05, 0.1) is 0 Å². The third-order valence-electron chi connectivity index (χ3n) is 5.94.